The Morgan fingerprint density at radius 2 is 2.00 bits per heavy atom. The summed E-state index contributed by atoms with van der Waals surface area (Å²) in [5.74, 6) is -1.64. The summed E-state index contributed by atoms with van der Waals surface area (Å²) < 4.78 is 30.1. The van der Waals surface area contributed by atoms with Gasteiger partial charge >= 0.3 is 0 Å². The van der Waals surface area contributed by atoms with Crippen molar-refractivity contribution in [2.75, 3.05) is 24.5 Å². The summed E-state index contributed by atoms with van der Waals surface area (Å²) in [4.78, 5) is 24.5. The largest absolute Gasteiger partial charge is 0.507 e. The van der Waals surface area contributed by atoms with Crippen LogP contribution in [0.15, 0.2) is 43.2 Å². The lowest BCUT2D eigenvalue weighted by atomic mass is 10.0. The summed E-state index contributed by atoms with van der Waals surface area (Å²) in [7, 11) is 0. The number of piperazine rings is 1. The first-order chi connectivity index (χ1) is 15.4. The Morgan fingerprint density at radius 1 is 1.22 bits per heavy atom. The van der Waals surface area contributed by atoms with Crippen LogP contribution in [0.5, 0.6) is 5.75 Å². The second-order valence-electron chi connectivity index (χ2n) is 8.11. The average molecular weight is 457 g/mol. The van der Waals surface area contributed by atoms with Crippen molar-refractivity contribution in [2.24, 2.45) is 0 Å². The van der Waals surface area contributed by atoms with E-state index in [4.69, 9.17) is 11.6 Å². The quantitative estimate of drug-likeness (QED) is 0.595. The van der Waals surface area contributed by atoms with E-state index in [0.29, 0.717) is 30.8 Å². The Labute approximate surface area is 187 Å². The molecule has 164 valence electrons. The summed E-state index contributed by atoms with van der Waals surface area (Å²) in [5, 5.41) is 10.5. The molecule has 1 spiro atoms. The van der Waals surface area contributed by atoms with Crippen LogP contribution in [-0.4, -0.2) is 51.1 Å². The number of hydrogen-bond donors (Lipinski definition) is 1. The third-order valence-electron chi connectivity index (χ3n) is 6.26. The summed E-state index contributed by atoms with van der Waals surface area (Å²) in [6.07, 6.45) is 4.31. The zero-order chi connectivity index (χ0) is 22.6. The molecule has 3 aromatic rings. The summed E-state index contributed by atoms with van der Waals surface area (Å²) in [6, 6.07) is 5.23. The fourth-order valence-electron chi connectivity index (χ4n) is 4.52. The molecule has 2 heterocycles. The van der Waals surface area contributed by atoms with Crippen LogP contribution in [0, 0.1) is 11.6 Å². The maximum atomic E-state index is 15.6. The van der Waals surface area contributed by atoms with E-state index < -0.39 is 17.4 Å². The van der Waals surface area contributed by atoms with Gasteiger partial charge in [-0.25, -0.2) is 18.7 Å². The fourth-order valence-corrected chi connectivity index (χ4v) is 4.80. The molecule has 0 bridgehead atoms. The number of fused-ring (bicyclic) bond motifs is 1. The normalized spacial score (nSPS) is 17.1. The third-order valence-corrected chi connectivity index (χ3v) is 6.56. The van der Waals surface area contributed by atoms with Gasteiger partial charge in [-0.2, -0.15) is 0 Å². The molecule has 0 unspecified atom stereocenters. The van der Waals surface area contributed by atoms with Crippen molar-refractivity contribution in [3.63, 3.8) is 0 Å². The molecule has 0 radical (unpaired) electrons. The van der Waals surface area contributed by atoms with E-state index in [2.05, 4.69) is 21.4 Å². The van der Waals surface area contributed by atoms with E-state index in [1.54, 1.807) is 4.90 Å². The van der Waals surface area contributed by atoms with Gasteiger partial charge in [0, 0.05) is 30.6 Å². The van der Waals surface area contributed by atoms with Crippen LogP contribution in [0.4, 0.5) is 14.6 Å². The second-order valence-corrected chi connectivity index (χ2v) is 8.52. The number of aromatic nitrogens is 2. The standard InChI is InChI=1S/C23H19ClF2N4O2/c1-2-17(32)29-8-9-30(23(11-29)6-7-23)22-13-10-14(24)18(20(26)21(13)27-12-28-22)19-15(25)4-3-5-16(19)31/h2-5,10,12,31H,1,6-9,11H2. The zero-order valence-electron chi connectivity index (χ0n) is 17.0. The Bertz CT molecular complexity index is 1260. The maximum Gasteiger partial charge on any atom is 0.246 e. The number of rotatable bonds is 3. The molecule has 5 rings (SSSR count). The lowest BCUT2D eigenvalue weighted by Crippen LogP contribution is -2.56. The number of phenolic OH excluding ortho intramolecular Hbond substituents is 1. The van der Waals surface area contributed by atoms with Crippen molar-refractivity contribution in [1.29, 1.82) is 0 Å². The Hall–Kier alpha value is -3.26. The van der Waals surface area contributed by atoms with Gasteiger partial charge in [-0.15, -0.1) is 0 Å². The zero-order valence-corrected chi connectivity index (χ0v) is 17.7. The van der Waals surface area contributed by atoms with Crippen LogP contribution in [0.2, 0.25) is 5.02 Å². The van der Waals surface area contributed by atoms with Gasteiger partial charge in [-0.05, 0) is 37.1 Å². The van der Waals surface area contributed by atoms with Gasteiger partial charge in [0.25, 0.3) is 0 Å². The molecule has 2 aromatic carbocycles. The van der Waals surface area contributed by atoms with Crippen LogP contribution in [0.1, 0.15) is 12.8 Å². The van der Waals surface area contributed by atoms with E-state index in [1.165, 1.54) is 30.6 Å². The average Bonchev–Trinajstić information content (AvgIpc) is 3.54. The minimum absolute atomic E-state index is 0.0162. The predicted octanol–water partition coefficient (Wildman–Crippen LogP) is 4.30. The van der Waals surface area contributed by atoms with Gasteiger partial charge in [0.05, 0.1) is 16.1 Å². The Morgan fingerprint density at radius 3 is 2.69 bits per heavy atom. The maximum absolute atomic E-state index is 15.6. The van der Waals surface area contributed by atoms with E-state index in [0.717, 1.165) is 18.9 Å². The first kappa shape index (κ1) is 20.6. The van der Waals surface area contributed by atoms with Crippen molar-refractivity contribution in [1.82, 2.24) is 14.9 Å². The molecule has 0 atom stereocenters. The molecular weight excluding hydrogens is 438 g/mol. The highest BCUT2D eigenvalue weighted by atomic mass is 35.5. The summed E-state index contributed by atoms with van der Waals surface area (Å²) >= 11 is 6.41. The first-order valence-electron chi connectivity index (χ1n) is 10.2. The predicted molar refractivity (Wildman–Crippen MR) is 118 cm³/mol. The highest BCUT2D eigenvalue weighted by molar-refractivity contribution is 6.34. The number of nitrogens with zero attached hydrogens (tertiary/aromatic N) is 4. The molecule has 2 fully saturated rings. The lowest BCUT2D eigenvalue weighted by Gasteiger charge is -2.43. The minimum Gasteiger partial charge on any atom is -0.507 e. The Balaban J connectivity index is 1.63. The molecule has 1 aliphatic carbocycles. The van der Waals surface area contributed by atoms with Crippen molar-refractivity contribution >= 4 is 34.2 Å². The number of halogens is 3. The van der Waals surface area contributed by atoms with E-state index >= 15 is 4.39 Å². The molecule has 9 heteroatoms. The molecule has 1 aliphatic heterocycles. The number of benzene rings is 2. The topological polar surface area (TPSA) is 69.6 Å². The molecule has 1 aromatic heterocycles. The summed E-state index contributed by atoms with van der Waals surface area (Å²) in [6.45, 7) is 5.09. The monoisotopic (exact) mass is 456 g/mol. The van der Waals surface area contributed by atoms with Crippen molar-refractivity contribution in [3.05, 3.63) is 59.9 Å². The number of carbonyl (C=O) groups excluding carboxylic acids is 1. The Kier molecular flexibility index (Phi) is 4.78. The van der Waals surface area contributed by atoms with Crippen molar-refractivity contribution < 1.29 is 18.7 Å². The smallest absolute Gasteiger partial charge is 0.246 e. The van der Waals surface area contributed by atoms with E-state index in [9.17, 15) is 14.3 Å². The molecular formula is C23H19ClF2N4O2. The summed E-state index contributed by atoms with van der Waals surface area (Å²) in [5.41, 5.74) is -0.851. The second kappa shape index (κ2) is 7.41. The molecule has 1 amide bonds. The minimum atomic E-state index is -0.832. The number of carbonyl (C=O) groups is 1. The van der Waals surface area contributed by atoms with E-state index in [1.807, 2.05) is 0 Å². The first-order valence-corrected chi connectivity index (χ1v) is 10.5. The van der Waals surface area contributed by atoms with Gasteiger partial charge in [0.2, 0.25) is 5.91 Å². The van der Waals surface area contributed by atoms with Gasteiger partial charge in [-0.1, -0.05) is 24.2 Å². The van der Waals surface area contributed by atoms with Crippen LogP contribution in [-0.2, 0) is 4.79 Å². The van der Waals surface area contributed by atoms with Crippen molar-refractivity contribution in [3.8, 4) is 16.9 Å². The number of aromatic hydroxyl groups is 1. The molecule has 2 aliphatic rings. The SMILES string of the molecule is C=CC(=O)N1CCN(c2ncnc3c(F)c(-c4c(O)cccc4F)c(Cl)cc23)C2(CC2)C1. The molecule has 32 heavy (non-hydrogen) atoms. The lowest BCUT2D eigenvalue weighted by molar-refractivity contribution is -0.127. The fraction of sp³-hybridized carbons (Fsp3) is 0.261. The van der Waals surface area contributed by atoms with Gasteiger partial charge < -0.3 is 14.9 Å². The highest BCUT2D eigenvalue weighted by Crippen LogP contribution is 2.48. The third kappa shape index (κ3) is 3.09. The number of amides is 1. The molecule has 6 nitrogen and oxygen atoms in total. The number of anilines is 1. The van der Waals surface area contributed by atoms with Crippen LogP contribution in [0.25, 0.3) is 22.0 Å². The molecule has 1 N–H and O–H groups in total. The number of hydrogen-bond acceptors (Lipinski definition) is 5. The van der Waals surface area contributed by atoms with Gasteiger partial charge in [-0.3, -0.25) is 4.79 Å². The van der Waals surface area contributed by atoms with E-state index in [-0.39, 0.29) is 33.1 Å². The molecule has 1 saturated heterocycles. The molecule has 1 saturated carbocycles. The van der Waals surface area contributed by atoms with Crippen molar-refractivity contribution in [2.45, 2.75) is 18.4 Å². The van der Waals surface area contributed by atoms with Gasteiger partial charge in [0.1, 0.15) is 29.2 Å². The van der Waals surface area contributed by atoms with Gasteiger partial charge in [0.15, 0.2) is 5.82 Å². The van der Waals surface area contributed by atoms with Crippen LogP contribution < -0.4 is 4.90 Å². The van der Waals surface area contributed by atoms with Crippen LogP contribution in [0.3, 0.4) is 0 Å². The highest BCUT2D eigenvalue weighted by Gasteiger charge is 2.52. The van der Waals surface area contributed by atoms with Crippen LogP contribution >= 0.6 is 11.6 Å². The number of phenols is 1.